The maximum atomic E-state index is 12.9. The fourth-order valence-electron chi connectivity index (χ4n) is 3.24. The molecule has 1 aromatic rings. The Morgan fingerprint density at radius 3 is 2.14 bits per heavy atom. The number of primary amides is 1. The van der Waals surface area contributed by atoms with Gasteiger partial charge in [0.15, 0.2) is 14.6 Å². The molecular formula is C27H42N2O6S. The first-order valence-corrected chi connectivity index (χ1v) is 13.6. The van der Waals surface area contributed by atoms with Gasteiger partial charge in [-0.15, -0.1) is 0 Å². The standard InChI is InChI=1S/C16H23NO5S.C9H13NO.C2H6/c1-2-3-10-22-13-4-6-14(7-5-13)23(19,20)16(15(17)18)8-11-21-12-9-16;1-5-7-9(6-2)10(4)8(3)11;1-2/h4-7H,2-3,8-12H2,1H3,(H2,17,18);5-7H,1-2H2,3-4H3;1-2H3/b;9-7+;. The summed E-state index contributed by atoms with van der Waals surface area (Å²) in [6.07, 6.45) is 7.09. The normalized spacial score (nSPS) is 14.6. The van der Waals surface area contributed by atoms with Gasteiger partial charge >= 0.3 is 0 Å². The van der Waals surface area contributed by atoms with E-state index in [4.69, 9.17) is 15.2 Å². The molecule has 1 saturated heterocycles. The zero-order valence-corrected chi connectivity index (χ0v) is 23.1. The topological polar surface area (TPSA) is 116 Å². The van der Waals surface area contributed by atoms with Crippen molar-refractivity contribution >= 4 is 21.7 Å². The second-order valence-corrected chi connectivity index (χ2v) is 10.0. The van der Waals surface area contributed by atoms with Gasteiger partial charge in [0, 0.05) is 32.9 Å². The Balaban J connectivity index is 0.000000796. The van der Waals surface area contributed by atoms with Gasteiger partial charge in [0.05, 0.1) is 11.5 Å². The van der Waals surface area contributed by atoms with Crippen LogP contribution < -0.4 is 10.5 Å². The molecule has 0 saturated carbocycles. The van der Waals surface area contributed by atoms with Gasteiger partial charge in [-0.2, -0.15) is 0 Å². The van der Waals surface area contributed by atoms with Crippen LogP contribution in [0, 0.1) is 0 Å². The van der Waals surface area contributed by atoms with E-state index in [1.807, 2.05) is 13.8 Å². The molecule has 2 N–H and O–H groups in total. The minimum atomic E-state index is -3.87. The van der Waals surface area contributed by atoms with Crippen molar-refractivity contribution in [3.05, 3.63) is 61.3 Å². The Kier molecular flexibility index (Phi) is 15.4. The summed E-state index contributed by atoms with van der Waals surface area (Å²) in [6, 6.07) is 6.15. The van der Waals surface area contributed by atoms with Crippen molar-refractivity contribution in [1.29, 1.82) is 0 Å². The number of unbranched alkanes of at least 4 members (excludes halogenated alkanes) is 1. The SMILES string of the molecule is C=C/C=C(\C=C)N(C)C(C)=O.CC.CCCCOc1ccc(S(=O)(=O)C2(C(N)=O)CCOCC2)cc1. The molecular weight excluding hydrogens is 480 g/mol. The molecule has 0 unspecified atom stereocenters. The van der Waals surface area contributed by atoms with Gasteiger partial charge in [-0.05, 0) is 55.7 Å². The van der Waals surface area contributed by atoms with E-state index in [9.17, 15) is 18.0 Å². The van der Waals surface area contributed by atoms with Crippen LogP contribution in [0.15, 0.2) is 66.2 Å². The van der Waals surface area contributed by atoms with E-state index >= 15 is 0 Å². The van der Waals surface area contributed by atoms with E-state index in [1.165, 1.54) is 24.0 Å². The van der Waals surface area contributed by atoms with E-state index in [1.54, 1.807) is 37.4 Å². The Labute approximate surface area is 216 Å². The highest BCUT2D eigenvalue weighted by Crippen LogP contribution is 2.35. The van der Waals surface area contributed by atoms with E-state index in [-0.39, 0.29) is 36.9 Å². The number of carbonyl (C=O) groups is 2. The van der Waals surface area contributed by atoms with Crippen molar-refractivity contribution in [2.24, 2.45) is 5.73 Å². The number of hydrogen-bond acceptors (Lipinski definition) is 6. The average molecular weight is 523 g/mol. The average Bonchev–Trinajstić information content (AvgIpc) is 2.89. The molecule has 1 heterocycles. The lowest BCUT2D eigenvalue weighted by Crippen LogP contribution is -2.53. The summed E-state index contributed by atoms with van der Waals surface area (Å²) in [5.74, 6) is -0.223. The number of likely N-dealkylation sites (N-methyl/N-ethyl adjacent to an activating group) is 1. The molecule has 1 aliphatic rings. The lowest BCUT2D eigenvalue weighted by atomic mass is 9.98. The van der Waals surface area contributed by atoms with Crippen molar-refractivity contribution < 1.29 is 27.5 Å². The van der Waals surface area contributed by atoms with E-state index in [0.717, 1.165) is 18.5 Å². The lowest BCUT2D eigenvalue weighted by Gasteiger charge is -2.33. The van der Waals surface area contributed by atoms with Crippen LogP contribution in [0.2, 0.25) is 0 Å². The van der Waals surface area contributed by atoms with Crippen LogP contribution in [0.25, 0.3) is 0 Å². The van der Waals surface area contributed by atoms with Crippen molar-refractivity contribution in [1.82, 2.24) is 4.90 Å². The summed E-state index contributed by atoms with van der Waals surface area (Å²) >= 11 is 0. The summed E-state index contributed by atoms with van der Waals surface area (Å²) < 4.78 is 35.0. The second kappa shape index (κ2) is 16.7. The first-order chi connectivity index (χ1) is 17.1. The molecule has 36 heavy (non-hydrogen) atoms. The largest absolute Gasteiger partial charge is 0.494 e. The first kappa shape index (κ1) is 33.1. The molecule has 8 nitrogen and oxygen atoms in total. The molecule has 0 spiro atoms. The highest BCUT2D eigenvalue weighted by Gasteiger charge is 2.51. The van der Waals surface area contributed by atoms with Gasteiger partial charge in [0.2, 0.25) is 11.8 Å². The van der Waals surface area contributed by atoms with Gasteiger partial charge in [0.1, 0.15) is 5.75 Å². The number of allylic oxidation sites excluding steroid dienone is 3. The van der Waals surface area contributed by atoms with E-state index in [2.05, 4.69) is 20.1 Å². The number of ether oxygens (including phenoxy) is 2. The molecule has 1 aliphatic heterocycles. The Bertz CT molecular complexity index is 978. The molecule has 0 bridgehead atoms. The zero-order valence-electron chi connectivity index (χ0n) is 22.3. The number of hydrogen-bond donors (Lipinski definition) is 1. The van der Waals surface area contributed by atoms with Crippen LogP contribution in [0.3, 0.4) is 0 Å². The van der Waals surface area contributed by atoms with Crippen LogP contribution >= 0.6 is 0 Å². The molecule has 2 amide bonds. The lowest BCUT2D eigenvalue weighted by molar-refractivity contribution is -0.125. The molecule has 9 heteroatoms. The van der Waals surface area contributed by atoms with Crippen molar-refractivity contribution in [3.8, 4) is 5.75 Å². The number of amides is 2. The summed E-state index contributed by atoms with van der Waals surface area (Å²) in [5, 5.41) is 0. The van der Waals surface area contributed by atoms with Gasteiger partial charge in [-0.25, -0.2) is 8.42 Å². The monoisotopic (exact) mass is 522 g/mol. The maximum absolute atomic E-state index is 12.9. The Morgan fingerprint density at radius 1 is 1.17 bits per heavy atom. The molecule has 202 valence electrons. The maximum Gasteiger partial charge on any atom is 0.239 e. The van der Waals surface area contributed by atoms with Crippen molar-refractivity contribution in [2.75, 3.05) is 26.9 Å². The molecule has 1 fully saturated rings. The van der Waals surface area contributed by atoms with Gasteiger partial charge in [0.25, 0.3) is 0 Å². The van der Waals surface area contributed by atoms with Crippen LogP contribution in [0.1, 0.15) is 53.4 Å². The number of benzene rings is 1. The quantitative estimate of drug-likeness (QED) is 0.359. The van der Waals surface area contributed by atoms with Crippen molar-refractivity contribution in [3.63, 3.8) is 0 Å². The predicted octanol–water partition coefficient (Wildman–Crippen LogP) is 4.42. The molecule has 0 aliphatic carbocycles. The minimum absolute atomic E-state index is 0.0157. The summed E-state index contributed by atoms with van der Waals surface area (Å²) in [7, 11) is -2.18. The van der Waals surface area contributed by atoms with Crippen LogP contribution in [0.4, 0.5) is 0 Å². The number of carbonyl (C=O) groups excluding carboxylic acids is 2. The highest BCUT2D eigenvalue weighted by atomic mass is 32.2. The predicted molar refractivity (Wildman–Crippen MR) is 144 cm³/mol. The smallest absolute Gasteiger partial charge is 0.239 e. The second-order valence-electron chi connectivity index (χ2n) is 7.76. The van der Waals surface area contributed by atoms with Gasteiger partial charge < -0.3 is 20.1 Å². The Hall–Kier alpha value is -2.91. The van der Waals surface area contributed by atoms with Crippen LogP contribution in [-0.4, -0.2) is 56.7 Å². The highest BCUT2D eigenvalue weighted by molar-refractivity contribution is 7.93. The number of nitrogens with two attached hydrogens (primary N) is 1. The third kappa shape index (κ3) is 8.95. The van der Waals surface area contributed by atoms with Crippen LogP contribution in [0.5, 0.6) is 5.75 Å². The third-order valence-corrected chi connectivity index (χ3v) is 8.05. The molecule has 0 radical (unpaired) electrons. The first-order valence-electron chi connectivity index (χ1n) is 12.1. The summed E-state index contributed by atoms with van der Waals surface area (Å²) in [5.41, 5.74) is 6.20. The fraction of sp³-hybridized carbons (Fsp3) is 0.481. The van der Waals surface area contributed by atoms with Gasteiger partial charge in [-0.3, -0.25) is 9.59 Å². The van der Waals surface area contributed by atoms with Crippen molar-refractivity contribution in [2.45, 2.75) is 63.0 Å². The van der Waals surface area contributed by atoms with E-state index < -0.39 is 20.5 Å². The minimum Gasteiger partial charge on any atom is -0.494 e. The summed E-state index contributed by atoms with van der Waals surface area (Å²) in [6.45, 7) is 15.7. The third-order valence-electron chi connectivity index (χ3n) is 5.52. The number of rotatable bonds is 10. The molecule has 0 atom stereocenters. The fourth-order valence-corrected chi connectivity index (χ4v) is 5.16. The molecule has 0 aromatic heterocycles. The van der Waals surface area contributed by atoms with Crippen LogP contribution in [-0.2, 0) is 24.2 Å². The Morgan fingerprint density at radius 2 is 1.72 bits per heavy atom. The number of sulfone groups is 1. The molecule has 2 rings (SSSR count). The zero-order chi connectivity index (χ0) is 27.8. The summed E-state index contributed by atoms with van der Waals surface area (Å²) in [4.78, 5) is 24.3. The van der Waals surface area contributed by atoms with E-state index in [0.29, 0.717) is 12.4 Å². The van der Waals surface area contributed by atoms with Gasteiger partial charge in [-0.1, -0.05) is 46.4 Å². The number of nitrogens with zero attached hydrogens (tertiary/aromatic N) is 1. The molecule has 1 aromatic carbocycles.